The second kappa shape index (κ2) is 3.38. The minimum Gasteiger partial charge on any atom is -0.291 e. The van der Waals surface area contributed by atoms with Crippen LogP contribution in [0.25, 0.3) is 0 Å². The topological polar surface area (TPSA) is 61.2 Å². The van der Waals surface area contributed by atoms with Crippen LogP contribution in [0.1, 0.15) is 10.4 Å². The molecule has 1 aliphatic heterocycles. The first-order valence-corrected chi connectivity index (χ1v) is 4.28. The van der Waals surface area contributed by atoms with Gasteiger partial charge in [-0.15, -0.1) is 0 Å². The number of benzene rings is 1. The largest absolute Gasteiger partial charge is 0.300 e. The summed E-state index contributed by atoms with van der Waals surface area (Å²) in [6.07, 6.45) is 0. The summed E-state index contributed by atoms with van der Waals surface area (Å²) in [5.74, 6) is -4.23. The smallest absolute Gasteiger partial charge is 0.291 e. The average Bonchev–Trinajstić information content (AvgIpc) is 2.46. The van der Waals surface area contributed by atoms with Gasteiger partial charge in [0.15, 0.2) is 11.6 Å². The fourth-order valence-electron chi connectivity index (χ4n) is 1.52. The highest BCUT2D eigenvalue weighted by Gasteiger charge is 2.36. The van der Waals surface area contributed by atoms with Crippen LogP contribution in [0.4, 0.5) is 14.5 Å². The first-order valence-electron chi connectivity index (χ1n) is 4.28. The normalized spacial score (nSPS) is 13.9. The van der Waals surface area contributed by atoms with Crippen LogP contribution in [0.5, 0.6) is 0 Å². The lowest BCUT2D eigenvalue weighted by Crippen LogP contribution is -2.29. The molecular weight excluding hydrogens is 218 g/mol. The maximum atomic E-state index is 12.9. The number of anilines is 1. The van der Waals surface area contributed by atoms with Gasteiger partial charge in [0.1, 0.15) is 6.54 Å². The number of carbonyl (C=O) groups excluding carboxylic acids is 2. The Morgan fingerprint density at radius 3 is 2.50 bits per heavy atom. The first-order chi connectivity index (χ1) is 7.56. The molecule has 0 bridgehead atoms. The number of nitrogens with zero attached hydrogens (tertiary/aromatic N) is 2. The molecule has 0 unspecified atom stereocenters. The van der Waals surface area contributed by atoms with Crippen molar-refractivity contribution < 1.29 is 18.4 Å². The van der Waals surface area contributed by atoms with Gasteiger partial charge in [-0.2, -0.15) is 5.26 Å². The molecule has 0 spiro atoms. The minimum atomic E-state index is -1.20. The fourth-order valence-corrected chi connectivity index (χ4v) is 1.52. The molecule has 0 N–H and O–H groups in total. The van der Waals surface area contributed by atoms with E-state index in [2.05, 4.69) is 0 Å². The molecule has 1 aliphatic rings. The van der Waals surface area contributed by atoms with Gasteiger partial charge in [0.25, 0.3) is 11.7 Å². The lowest BCUT2D eigenvalue weighted by Gasteiger charge is -2.11. The molecule has 6 heteroatoms. The van der Waals surface area contributed by atoms with Crippen LogP contribution < -0.4 is 4.90 Å². The Morgan fingerprint density at radius 1 is 1.25 bits per heavy atom. The van der Waals surface area contributed by atoms with Gasteiger partial charge in [-0.05, 0) is 6.07 Å². The van der Waals surface area contributed by atoms with Crippen LogP contribution in [-0.2, 0) is 4.79 Å². The van der Waals surface area contributed by atoms with E-state index in [1.807, 2.05) is 0 Å². The van der Waals surface area contributed by atoms with Crippen molar-refractivity contribution in [1.82, 2.24) is 0 Å². The van der Waals surface area contributed by atoms with Crippen molar-refractivity contribution in [1.29, 1.82) is 5.26 Å². The SMILES string of the molecule is N#CCN1C(=O)C(=O)c2cc(F)c(F)cc21. The van der Waals surface area contributed by atoms with Crippen LogP contribution >= 0.6 is 0 Å². The molecule has 1 heterocycles. The number of nitriles is 1. The van der Waals surface area contributed by atoms with Crippen LogP contribution in [0.2, 0.25) is 0 Å². The van der Waals surface area contributed by atoms with Crippen LogP contribution in [0, 0.1) is 23.0 Å². The van der Waals surface area contributed by atoms with Crippen molar-refractivity contribution in [2.75, 3.05) is 11.4 Å². The second-order valence-corrected chi connectivity index (χ2v) is 3.16. The Balaban J connectivity index is 2.62. The molecule has 1 amide bonds. The summed E-state index contributed by atoms with van der Waals surface area (Å²) in [4.78, 5) is 23.5. The maximum absolute atomic E-state index is 12.9. The molecule has 0 saturated carbocycles. The summed E-state index contributed by atoms with van der Waals surface area (Å²) in [6.45, 7) is -0.372. The molecular formula is C10H4F2N2O2. The Morgan fingerprint density at radius 2 is 1.88 bits per heavy atom. The number of carbonyl (C=O) groups is 2. The number of amides is 1. The number of fused-ring (bicyclic) bond motifs is 1. The minimum absolute atomic E-state index is 0.0598. The van der Waals surface area contributed by atoms with Gasteiger partial charge in [0.2, 0.25) is 0 Å². The zero-order valence-electron chi connectivity index (χ0n) is 7.83. The maximum Gasteiger partial charge on any atom is 0.300 e. The van der Waals surface area contributed by atoms with Crippen molar-refractivity contribution in [3.8, 4) is 6.07 Å². The van der Waals surface area contributed by atoms with Gasteiger partial charge < -0.3 is 0 Å². The number of rotatable bonds is 1. The molecule has 16 heavy (non-hydrogen) atoms. The van der Waals surface area contributed by atoms with Crippen molar-refractivity contribution >= 4 is 17.4 Å². The van der Waals surface area contributed by atoms with E-state index in [9.17, 15) is 18.4 Å². The van der Waals surface area contributed by atoms with Gasteiger partial charge in [-0.3, -0.25) is 14.5 Å². The monoisotopic (exact) mass is 222 g/mol. The fraction of sp³-hybridized carbons (Fsp3) is 0.100. The van der Waals surface area contributed by atoms with Crippen LogP contribution in [-0.4, -0.2) is 18.2 Å². The summed E-state index contributed by atoms with van der Waals surface area (Å²) in [7, 11) is 0. The van der Waals surface area contributed by atoms with E-state index in [1.165, 1.54) is 0 Å². The van der Waals surface area contributed by atoms with Gasteiger partial charge in [-0.25, -0.2) is 8.78 Å². The average molecular weight is 222 g/mol. The van der Waals surface area contributed by atoms with E-state index in [0.717, 1.165) is 11.0 Å². The van der Waals surface area contributed by atoms with Gasteiger partial charge >= 0.3 is 0 Å². The summed E-state index contributed by atoms with van der Waals surface area (Å²) < 4.78 is 25.8. The van der Waals surface area contributed by atoms with Crippen molar-refractivity contribution in [3.05, 3.63) is 29.3 Å². The standard InChI is InChI=1S/C10H4F2N2O2/c11-6-3-5-8(4-7(6)12)14(2-1-13)10(16)9(5)15/h3-4H,2H2. The highest BCUT2D eigenvalue weighted by Crippen LogP contribution is 2.30. The quantitative estimate of drug-likeness (QED) is 0.526. The summed E-state index contributed by atoms with van der Waals surface area (Å²) in [6, 6.07) is 3.08. The number of ketones is 1. The van der Waals surface area contributed by atoms with Gasteiger partial charge in [0.05, 0.1) is 17.3 Å². The summed E-state index contributed by atoms with van der Waals surface area (Å²) >= 11 is 0. The highest BCUT2D eigenvalue weighted by molar-refractivity contribution is 6.52. The van der Waals surface area contributed by atoms with Crippen LogP contribution in [0.15, 0.2) is 12.1 Å². The van der Waals surface area contributed by atoms with Crippen molar-refractivity contribution in [2.24, 2.45) is 0 Å². The number of hydrogen-bond acceptors (Lipinski definition) is 3. The third-order valence-electron chi connectivity index (χ3n) is 2.24. The lowest BCUT2D eigenvalue weighted by molar-refractivity contribution is -0.114. The first kappa shape index (κ1) is 10.2. The van der Waals surface area contributed by atoms with E-state index in [0.29, 0.717) is 6.07 Å². The Bertz CT molecular complexity index is 548. The third-order valence-corrected chi connectivity index (χ3v) is 2.24. The van der Waals surface area contributed by atoms with Crippen molar-refractivity contribution in [3.63, 3.8) is 0 Å². The van der Waals surface area contributed by atoms with E-state index >= 15 is 0 Å². The van der Waals surface area contributed by atoms with Crippen LogP contribution in [0.3, 0.4) is 0 Å². The van der Waals surface area contributed by atoms with Gasteiger partial charge in [0, 0.05) is 6.07 Å². The van der Waals surface area contributed by atoms with E-state index in [4.69, 9.17) is 5.26 Å². The van der Waals surface area contributed by atoms with E-state index in [1.54, 1.807) is 6.07 Å². The zero-order chi connectivity index (χ0) is 11.9. The zero-order valence-corrected chi connectivity index (χ0v) is 7.83. The molecule has 0 atom stereocenters. The molecule has 0 saturated heterocycles. The van der Waals surface area contributed by atoms with Crippen molar-refractivity contribution in [2.45, 2.75) is 0 Å². The molecule has 0 radical (unpaired) electrons. The molecule has 1 aromatic carbocycles. The Hall–Kier alpha value is -2.29. The Labute approximate surface area is 88.7 Å². The molecule has 0 aliphatic carbocycles. The molecule has 1 aromatic rings. The molecule has 0 aromatic heterocycles. The van der Waals surface area contributed by atoms with E-state index in [-0.39, 0.29) is 17.8 Å². The summed E-state index contributed by atoms with van der Waals surface area (Å²) in [5, 5.41) is 8.46. The highest BCUT2D eigenvalue weighted by atomic mass is 19.2. The molecule has 4 nitrogen and oxygen atoms in total. The number of hydrogen-bond donors (Lipinski definition) is 0. The number of Topliss-reactive ketones (excluding diaryl/α,β-unsaturated/α-hetero) is 1. The lowest BCUT2D eigenvalue weighted by atomic mass is 10.1. The predicted octanol–water partition coefficient (Wildman–Crippen LogP) is 1.02. The molecule has 2 rings (SSSR count). The Kier molecular flexibility index (Phi) is 2.16. The molecule has 80 valence electrons. The molecule has 0 fully saturated rings. The number of halogens is 2. The third kappa shape index (κ3) is 1.26. The predicted molar refractivity (Wildman–Crippen MR) is 48.7 cm³/mol. The van der Waals surface area contributed by atoms with E-state index < -0.39 is 23.3 Å². The second-order valence-electron chi connectivity index (χ2n) is 3.16. The van der Waals surface area contributed by atoms with Gasteiger partial charge in [-0.1, -0.05) is 0 Å². The summed E-state index contributed by atoms with van der Waals surface area (Å²) in [5.41, 5.74) is -0.269.